The molecule has 0 N–H and O–H groups in total. The highest BCUT2D eigenvalue weighted by Gasteiger charge is 2.18. The fourth-order valence-electron chi connectivity index (χ4n) is 3.02. The highest BCUT2D eigenvalue weighted by molar-refractivity contribution is 5.86. The molecule has 130 valence electrons. The third-order valence-corrected chi connectivity index (χ3v) is 4.41. The van der Waals surface area contributed by atoms with Crippen molar-refractivity contribution in [2.75, 3.05) is 14.2 Å². The zero-order valence-corrected chi connectivity index (χ0v) is 14.9. The molecule has 26 heavy (non-hydrogen) atoms. The molecule has 4 heteroatoms. The van der Waals surface area contributed by atoms with Gasteiger partial charge in [-0.1, -0.05) is 42.0 Å². The Kier molecular flexibility index (Phi) is 4.09. The summed E-state index contributed by atoms with van der Waals surface area (Å²) in [5.41, 5.74) is 5.70. The number of hydrogen-bond acceptors (Lipinski definition) is 4. The summed E-state index contributed by atoms with van der Waals surface area (Å²) in [5.74, 6) is 1.87. The van der Waals surface area contributed by atoms with Gasteiger partial charge in [0.2, 0.25) is 5.89 Å². The number of fused-ring (bicyclic) bond motifs is 1. The number of aromatic nitrogens is 1. The molecular weight excluding hydrogens is 326 g/mol. The van der Waals surface area contributed by atoms with Gasteiger partial charge in [-0.2, -0.15) is 0 Å². The molecule has 0 aliphatic carbocycles. The van der Waals surface area contributed by atoms with E-state index in [1.165, 1.54) is 5.56 Å². The predicted molar refractivity (Wildman–Crippen MR) is 103 cm³/mol. The Bertz CT molecular complexity index is 1030. The van der Waals surface area contributed by atoms with Gasteiger partial charge < -0.3 is 13.9 Å². The Morgan fingerprint density at radius 3 is 2.12 bits per heavy atom. The molecule has 0 radical (unpaired) electrons. The van der Waals surface area contributed by atoms with E-state index in [2.05, 4.69) is 36.2 Å². The van der Waals surface area contributed by atoms with E-state index < -0.39 is 0 Å². The van der Waals surface area contributed by atoms with Crippen LogP contribution in [0.5, 0.6) is 11.5 Å². The maximum Gasteiger partial charge on any atom is 0.228 e. The van der Waals surface area contributed by atoms with E-state index in [0.717, 1.165) is 27.8 Å². The minimum absolute atomic E-state index is 0.558. The van der Waals surface area contributed by atoms with Crippen LogP contribution in [0, 0.1) is 6.92 Å². The number of rotatable bonds is 4. The number of para-hydroxylation sites is 2. The number of benzene rings is 3. The van der Waals surface area contributed by atoms with Crippen LogP contribution >= 0.6 is 0 Å². The summed E-state index contributed by atoms with van der Waals surface area (Å²) in [7, 11) is 3.26. The summed E-state index contributed by atoms with van der Waals surface area (Å²) >= 11 is 0. The molecule has 1 aromatic heterocycles. The average molecular weight is 345 g/mol. The number of oxazole rings is 1. The van der Waals surface area contributed by atoms with E-state index in [9.17, 15) is 0 Å². The third-order valence-electron chi connectivity index (χ3n) is 4.41. The van der Waals surface area contributed by atoms with Crippen LogP contribution in [0.4, 0.5) is 0 Å². The minimum atomic E-state index is 0.558. The molecule has 0 amide bonds. The van der Waals surface area contributed by atoms with E-state index >= 15 is 0 Å². The molecule has 0 atom stereocenters. The van der Waals surface area contributed by atoms with Crippen molar-refractivity contribution in [1.29, 1.82) is 0 Å². The van der Waals surface area contributed by atoms with E-state index in [0.29, 0.717) is 17.4 Å². The molecule has 0 bridgehead atoms. The molecule has 0 spiro atoms. The van der Waals surface area contributed by atoms with Crippen LogP contribution in [-0.2, 0) is 0 Å². The summed E-state index contributed by atoms with van der Waals surface area (Å²) in [5, 5.41) is 0. The summed E-state index contributed by atoms with van der Waals surface area (Å²) in [6.07, 6.45) is 0. The lowest BCUT2D eigenvalue weighted by Gasteiger charge is -2.14. The number of methoxy groups -OCH3 is 2. The lowest BCUT2D eigenvalue weighted by Crippen LogP contribution is -1.94. The van der Waals surface area contributed by atoms with Crippen LogP contribution in [0.25, 0.3) is 33.7 Å². The van der Waals surface area contributed by atoms with Gasteiger partial charge in [0, 0.05) is 5.56 Å². The fourth-order valence-corrected chi connectivity index (χ4v) is 3.02. The monoisotopic (exact) mass is 345 g/mol. The van der Waals surface area contributed by atoms with E-state index in [4.69, 9.17) is 13.9 Å². The Labute approximate surface area is 152 Å². The van der Waals surface area contributed by atoms with Gasteiger partial charge in [0.1, 0.15) is 5.52 Å². The minimum Gasteiger partial charge on any atom is -0.493 e. The molecule has 1 heterocycles. The standard InChI is InChI=1S/C22H19NO3/c1-14-8-10-15(11-9-14)16-12-20(24-2)21(25-3)13-17(16)22-23-18-6-4-5-7-19(18)26-22/h4-13H,1-3H3. The molecule has 0 aliphatic heterocycles. The molecule has 0 saturated heterocycles. The second-order valence-electron chi connectivity index (χ2n) is 6.11. The zero-order chi connectivity index (χ0) is 18.1. The van der Waals surface area contributed by atoms with Crippen molar-refractivity contribution in [1.82, 2.24) is 4.98 Å². The highest BCUT2D eigenvalue weighted by Crippen LogP contribution is 2.41. The predicted octanol–water partition coefficient (Wildman–Crippen LogP) is 5.49. The Hall–Kier alpha value is -3.27. The zero-order valence-electron chi connectivity index (χ0n) is 14.9. The van der Waals surface area contributed by atoms with Crippen molar-refractivity contribution >= 4 is 11.1 Å². The second-order valence-corrected chi connectivity index (χ2v) is 6.11. The van der Waals surface area contributed by atoms with Gasteiger partial charge in [0.25, 0.3) is 0 Å². The van der Waals surface area contributed by atoms with Crippen molar-refractivity contribution in [3.05, 3.63) is 66.2 Å². The van der Waals surface area contributed by atoms with E-state index in [1.807, 2.05) is 36.4 Å². The number of hydrogen-bond donors (Lipinski definition) is 0. The van der Waals surface area contributed by atoms with Crippen LogP contribution < -0.4 is 9.47 Å². The van der Waals surface area contributed by atoms with Gasteiger partial charge in [0.05, 0.1) is 14.2 Å². The molecule has 0 saturated carbocycles. The number of ether oxygens (including phenoxy) is 2. The average Bonchev–Trinajstić information content (AvgIpc) is 3.11. The largest absolute Gasteiger partial charge is 0.493 e. The molecule has 4 nitrogen and oxygen atoms in total. The lowest BCUT2D eigenvalue weighted by molar-refractivity contribution is 0.355. The van der Waals surface area contributed by atoms with Gasteiger partial charge in [-0.05, 0) is 42.3 Å². The van der Waals surface area contributed by atoms with Crippen LogP contribution in [0.15, 0.2) is 65.1 Å². The van der Waals surface area contributed by atoms with Crippen molar-refractivity contribution in [2.45, 2.75) is 6.92 Å². The fraction of sp³-hybridized carbons (Fsp3) is 0.136. The quantitative estimate of drug-likeness (QED) is 0.491. The first-order chi connectivity index (χ1) is 12.7. The van der Waals surface area contributed by atoms with Crippen LogP contribution in [0.2, 0.25) is 0 Å². The molecule has 4 aromatic rings. The van der Waals surface area contributed by atoms with E-state index in [-0.39, 0.29) is 0 Å². The summed E-state index contributed by atoms with van der Waals surface area (Å²) in [6.45, 7) is 2.07. The number of aryl methyl sites for hydroxylation is 1. The molecule has 4 rings (SSSR count). The van der Waals surface area contributed by atoms with Crippen molar-refractivity contribution < 1.29 is 13.9 Å². The smallest absolute Gasteiger partial charge is 0.228 e. The third kappa shape index (κ3) is 2.80. The van der Waals surface area contributed by atoms with Crippen LogP contribution in [0.1, 0.15) is 5.56 Å². The first-order valence-corrected chi connectivity index (χ1v) is 8.38. The molecule has 0 aliphatic rings. The van der Waals surface area contributed by atoms with Gasteiger partial charge in [-0.3, -0.25) is 0 Å². The Morgan fingerprint density at radius 1 is 0.808 bits per heavy atom. The number of nitrogens with zero attached hydrogens (tertiary/aromatic N) is 1. The topological polar surface area (TPSA) is 44.5 Å². The molecule has 0 unspecified atom stereocenters. The SMILES string of the molecule is COc1cc(-c2ccc(C)cc2)c(-c2nc3ccccc3o2)cc1OC. The van der Waals surface area contributed by atoms with Gasteiger partial charge >= 0.3 is 0 Å². The first kappa shape index (κ1) is 16.2. The van der Waals surface area contributed by atoms with Crippen LogP contribution in [-0.4, -0.2) is 19.2 Å². The summed E-state index contributed by atoms with van der Waals surface area (Å²) in [6, 6.07) is 20.0. The van der Waals surface area contributed by atoms with E-state index in [1.54, 1.807) is 14.2 Å². The van der Waals surface area contributed by atoms with Gasteiger partial charge in [-0.15, -0.1) is 0 Å². The molecular formula is C22H19NO3. The highest BCUT2D eigenvalue weighted by atomic mass is 16.5. The summed E-state index contributed by atoms with van der Waals surface area (Å²) in [4.78, 5) is 4.65. The lowest BCUT2D eigenvalue weighted by atomic mass is 9.98. The van der Waals surface area contributed by atoms with Gasteiger partial charge in [-0.25, -0.2) is 4.98 Å². The normalized spacial score (nSPS) is 10.9. The summed E-state index contributed by atoms with van der Waals surface area (Å²) < 4.78 is 17.0. The first-order valence-electron chi connectivity index (χ1n) is 8.38. The van der Waals surface area contributed by atoms with Crippen LogP contribution in [0.3, 0.4) is 0 Å². The van der Waals surface area contributed by atoms with Crippen molar-refractivity contribution in [3.63, 3.8) is 0 Å². The Morgan fingerprint density at radius 2 is 1.46 bits per heavy atom. The van der Waals surface area contributed by atoms with Crippen molar-refractivity contribution in [3.8, 4) is 34.1 Å². The maximum atomic E-state index is 6.01. The van der Waals surface area contributed by atoms with Crippen molar-refractivity contribution in [2.24, 2.45) is 0 Å². The molecule has 0 fully saturated rings. The molecule has 3 aromatic carbocycles. The maximum absolute atomic E-state index is 6.01. The Balaban J connectivity index is 1.97. The van der Waals surface area contributed by atoms with Gasteiger partial charge in [0.15, 0.2) is 17.1 Å². The second kappa shape index (κ2) is 6.56.